The summed E-state index contributed by atoms with van der Waals surface area (Å²) in [5, 5.41) is 0. The number of ether oxygens (including phenoxy) is 4. The van der Waals surface area contributed by atoms with Gasteiger partial charge in [0.1, 0.15) is 24.1 Å². The van der Waals surface area contributed by atoms with Crippen LogP contribution in [-0.2, 0) is 18.9 Å². The maximum atomic E-state index is 6.56. The van der Waals surface area contributed by atoms with Gasteiger partial charge in [-0.25, -0.2) is 15.0 Å². The number of anilines is 1. The van der Waals surface area contributed by atoms with Gasteiger partial charge in [-0.05, 0) is 32.6 Å². The average molecular weight is 422 g/mol. The van der Waals surface area contributed by atoms with Crippen LogP contribution in [-0.4, -0.2) is 63.8 Å². The first-order valence-corrected chi connectivity index (χ1v) is 10.4. The molecule has 3 heterocycles. The van der Waals surface area contributed by atoms with E-state index in [0.717, 1.165) is 6.42 Å². The fraction of sp³-hybridized carbons (Fsp3) is 0.762. The van der Waals surface area contributed by atoms with Gasteiger partial charge >= 0.3 is 0 Å². The molecule has 4 atom stereocenters. The number of nitrogens with two attached hydrogens (primary N) is 1. The van der Waals surface area contributed by atoms with Crippen molar-refractivity contribution in [1.29, 1.82) is 0 Å². The lowest BCUT2D eigenvalue weighted by atomic mass is 9.87. The van der Waals surface area contributed by atoms with E-state index in [1.165, 1.54) is 6.33 Å². The molecule has 0 aromatic carbocycles. The van der Waals surface area contributed by atoms with Gasteiger partial charge in [0.25, 0.3) is 0 Å². The lowest BCUT2D eigenvalue weighted by Crippen LogP contribution is -2.43. The third-order valence-corrected chi connectivity index (χ3v) is 4.85. The molecule has 2 aromatic rings. The zero-order valence-electron chi connectivity index (χ0n) is 19.1. The van der Waals surface area contributed by atoms with Crippen molar-refractivity contribution in [3.63, 3.8) is 0 Å². The Bertz CT molecular complexity index is 842. The topological polar surface area (TPSA) is 107 Å². The van der Waals surface area contributed by atoms with Crippen molar-refractivity contribution in [3.05, 3.63) is 12.7 Å². The van der Waals surface area contributed by atoms with Crippen LogP contribution in [0.3, 0.4) is 0 Å². The van der Waals surface area contributed by atoms with E-state index in [2.05, 4.69) is 35.7 Å². The van der Waals surface area contributed by atoms with Crippen LogP contribution in [0, 0.1) is 5.41 Å². The molecule has 30 heavy (non-hydrogen) atoms. The summed E-state index contributed by atoms with van der Waals surface area (Å²) in [6.45, 7) is 13.6. The highest BCUT2D eigenvalue weighted by Gasteiger charge is 2.50. The van der Waals surface area contributed by atoms with Crippen LogP contribution >= 0.6 is 0 Å². The maximum absolute atomic E-state index is 6.56. The Kier molecular flexibility index (Phi) is 6.66. The molecule has 0 saturated carbocycles. The van der Waals surface area contributed by atoms with Gasteiger partial charge in [0, 0.05) is 7.11 Å². The summed E-state index contributed by atoms with van der Waals surface area (Å²) >= 11 is 0. The minimum atomic E-state index is -0.458. The average Bonchev–Trinajstić information content (AvgIpc) is 3.16. The number of aromatic nitrogens is 4. The minimum absolute atomic E-state index is 0.0553. The van der Waals surface area contributed by atoms with Crippen LogP contribution in [0.25, 0.3) is 11.2 Å². The first-order chi connectivity index (χ1) is 14.0. The Morgan fingerprint density at radius 1 is 1.07 bits per heavy atom. The van der Waals surface area contributed by atoms with Crippen molar-refractivity contribution in [1.82, 2.24) is 19.5 Å². The van der Waals surface area contributed by atoms with E-state index < -0.39 is 6.23 Å². The highest BCUT2D eigenvalue weighted by Crippen LogP contribution is 2.41. The summed E-state index contributed by atoms with van der Waals surface area (Å²) in [4.78, 5) is 12.8. The predicted octanol–water partition coefficient (Wildman–Crippen LogP) is 2.96. The zero-order valence-corrected chi connectivity index (χ0v) is 19.1. The van der Waals surface area contributed by atoms with Gasteiger partial charge < -0.3 is 24.7 Å². The van der Waals surface area contributed by atoms with E-state index in [0.29, 0.717) is 30.2 Å². The molecule has 0 unspecified atom stereocenters. The number of fused-ring (bicyclic) bond motifs is 1. The largest absolute Gasteiger partial charge is 0.382 e. The second-order valence-electron chi connectivity index (χ2n) is 9.94. The van der Waals surface area contributed by atoms with Gasteiger partial charge in [-0.15, -0.1) is 0 Å². The van der Waals surface area contributed by atoms with E-state index in [1.807, 2.05) is 25.3 Å². The molecule has 1 aliphatic rings. The van der Waals surface area contributed by atoms with Crippen molar-refractivity contribution in [3.8, 4) is 0 Å². The molecule has 0 radical (unpaired) electrons. The maximum Gasteiger partial charge on any atom is 0.167 e. The van der Waals surface area contributed by atoms with E-state index >= 15 is 0 Å². The molecule has 0 bridgehead atoms. The Hall–Kier alpha value is -1.81. The van der Waals surface area contributed by atoms with Crippen LogP contribution in [0.1, 0.15) is 54.2 Å². The highest BCUT2D eigenvalue weighted by atomic mass is 16.6. The van der Waals surface area contributed by atoms with Crippen molar-refractivity contribution >= 4 is 17.0 Å². The van der Waals surface area contributed by atoms with Crippen molar-refractivity contribution in [2.75, 3.05) is 26.1 Å². The summed E-state index contributed by atoms with van der Waals surface area (Å²) in [6, 6.07) is 0. The second-order valence-corrected chi connectivity index (χ2v) is 9.94. The minimum Gasteiger partial charge on any atom is -0.382 e. The van der Waals surface area contributed by atoms with Gasteiger partial charge in [0.15, 0.2) is 17.7 Å². The molecular formula is C21H35N5O4. The molecular weight excluding hydrogens is 386 g/mol. The Morgan fingerprint density at radius 3 is 2.43 bits per heavy atom. The van der Waals surface area contributed by atoms with Crippen LogP contribution < -0.4 is 5.73 Å². The van der Waals surface area contributed by atoms with Crippen molar-refractivity contribution in [2.45, 2.75) is 78.1 Å². The predicted molar refractivity (Wildman–Crippen MR) is 114 cm³/mol. The van der Waals surface area contributed by atoms with Gasteiger partial charge in [-0.3, -0.25) is 4.57 Å². The van der Waals surface area contributed by atoms with Crippen LogP contribution in [0.5, 0.6) is 0 Å². The second kappa shape index (κ2) is 8.74. The highest BCUT2D eigenvalue weighted by molar-refractivity contribution is 5.81. The number of imidazole rings is 1. The molecule has 9 nitrogen and oxygen atoms in total. The monoisotopic (exact) mass is 421 g/mol. The van der Waals surface area contributed by atoms with E-state index in [1.54, 1.807) is 13.4 Å². The van der Waals surface area contributed by atoms with E-state index in [9.17, 15) is 0 Å². The van der Waals surface area contributed by atoms with Gasteiger partial charge in [-0.1, -0.05) is 20.8 Å². The molecule has 0 aliphatic carbocycles. The number of hydrogen-bond donors (Lipinski definition) is 1. The molecule has 2 aromatic heterocycles. The van der Waals surface area contributed by atoms with Crippen molar-refractivity contribution in [2.24, 2.45) is 5.41 Å². The van der Waals surface area contributed by atoms with Crippen LogP contribution in [0.2, 0.25) is 0 Å². The summed E-state index contributed by atoms with van der Waals surface area (Å²) in [6.07, 6.45) is 2.70. The molecule has 1 fully saturated rings. The number of hydrogen-bond acceptors (Lipinski definition) is 8. The summed E-state index contributed by atoms with van der Waals surface area (Å²) < 4.78 is 26.4. The summed E-state index contributed by atoms with van der Waals surface area (Å²) in [5.74, 6) is 0.335. The van der Waals surface area contributed by atoms with Gasteiger partial charge in [-0.2, -0.15) is 0 Å². The zero-order chi connectivity index (χ0) is 22.1. The first kappa shape index (κ1) is 22.9. The van der Waals surface area contributed by atoms with Crippen LogP contribution in [0.15, 0.2) is 12.7 Å². The van der Waals surface area contributed by atoms with Crippen LogP contribution in [0.4, 0.5) is 5.82 Å². The molecule has 0 spiro atoms. The molecule has 3 rings (SSSR count). The van der Waals surface area contributed by atoms with E-state index in [-0.39, 0.29) is 29.3 Å². The molecule has 168 valence electrons. The normalized spacial score (nSPS) is 25.3. The molecule has 1 saturated heterocycles. The van der Waals surface area contributed by atoms with Gasteiger partial charge in [0.2, 0.25) is 0 Å². The lowest BCUT2D eigenvalue weighted by Gasteiger charge is -2.33. The number of methoxy groups -OCH3 is 1. The smallest absolute Gasteiger partial charge is 0.167 e. The molecule has 0 amide bonds. The third kappa shape index (κ3) is 5.26. The molecule has 9 heteroatoms. The van der Waals surface area contributed by atoms with E-state index in [4.69, 9.17) is 24.7 Å². The third-order valence-electron chi connectivity index (χ3n) is 4.85. The number of rotatable bonds is 7. The Labute approximate surface area is 178 Å². The summed E-state index contributed by atoms with van der Waals surface area (Å²) in [5.41, 5.74) is 6.84. The molecule has 2 N–H and O–H groups in total. The molecule has 1 aliphatic heterocycles. The first-order valence-electron chi connectivity index (χ1n) is 10.4. The van der Waals surface area contributed by atoms with Crippen molar-refractivity contribution < 1.29 is 18.9 Å². The SMILES string of the molecule is COCCO[C@@H]1[C@H](OC(C)(C)C)[C@@H](CC(C)(C)C)O[C@H]1n1cnc2c(N)ncnc21. The lowest BCUT2D eigenvalue weighted by molar-refractivity contribution is -0.134. The van der Waals surface area contributed by atoms with Gasteiger partial charge in [0.05, 0.1) is 31.2 Å². The number of nitrogen functional groups attached to an aromatic ring is 1. The quantitative estimate of drug-likeness (QED) is 0.680. The standard InChI is InChI=1S/C21H35N5O4/c1-20(2,3)10-13-15(30-21(4,5)6)16(28-9-8-27-7)19(29-13)26-12-25-14-17(22)23-11-24-18(14)26/h11-13,15-16,19H,8-10H2,1-7H3,(H2,22,23,24)/t13-,15-,16-,19-/m1/s1. The number of nitrogens with zero attached hydrogens (tertiary/aromatic N) is 4. The Balaban J connectivity index is 2.00. The Morgan fingerprint density at radius 2 is 1.80 bits per heavy atom. The fourth-order valence-electron chi connectivity index (χ4n) is 3.75. The summed E-state index contributed by atoms with van der Waals surface area (Å²) in [7, 11) is 1.65. The fourth-order valence-corrected chi connectivity index (χ4v) is 3.75.